The Morgan fingerprint density at radius 2 is 1.40 bits per heavy atom. The maximum Gasteiger partial charge on any atom is 0.235 e. The van der Waals surface area contributed by atoms with E-state index in [1.165, 1.54) is 13.8 Å². The number of rotatable bonds is 3. The summed E-state index contributed by atoms with van der Waals surface area (Å²) in [6.07, 6.45) is -1.95. The first-order valence-corrected chi connectivity index (χ1v) is 4.89. The molecule has 0 aliphatic carbocycles. The normalized spacial score (nSPS) is 14.8. The van der Waals surface area contributed by atoms with Crippen molar-refractivity contribution in [2.75, 3.05) is 4.90 Å². The Morgan fingerprint density at radius 3 is 1.73 bits per heavy atom. The molecule has 0 aliphatic rings. The molecule has 0 fully saturated rings. The van der Waals surface area contributed by atoms with E-state index in [1.807, 2.05) is 0 Å². The van der Waals surface area contributed by atoms with E-state index in [0.717, 1.165) is 4.90 Å². The molecule has 2 N–H and O–H groups in total. The number of aromatic nitrogens is 3. The molecule has 2 atom stereocenters. The summed E-state index contributed by atoms with van der Waals surface area (Å²) >= 11 is 11.1. The topological polar surface area (TPSA) is 82.4 Å². The minimum Gasteiger partial charge on any atom is -0.374 e. The van der Waals surface area contributed by atoms with Crippen molar-refractivity contribution in [2.24, 2.45) is 0 Å². The molecule has 1 heterocycles. The van der Waals surface area contributed by atoms with Crippen LogP contribution in [-0.2, 0) is 0 Å². The third-order valence-electron chi connectivity index (χ3n) is 1.61. The molecular formula is C7H10Cl2N4O2. The van der Waals surface area contributed by atoms with Crippen molar-refractivity contribution in [3.63, 3.8) is 0 Å². The number of hydrogen-bond acceptors (Lipinski definition) is 6. The molecular weight excluding hydrogens is 243 g/mol. The second kappa shape index (κ2) is 4.89. The van der Waals surface area contributed by atoms with Crippen molar-refractivity contribution in [1.82, 2.24) is 15.0 Å². The predicted octanol–water partition coefficient (Wildman–Crippen LogP) is 0.661. The minimum atomic E-state index is -0.973. The zero-order chi connectivity index (χ0) is 11.6. The zero-order valence-electron chi connectivity index (χ0n) is 8.09. The molecule has 0 aromatic carbocycles. The third-order valence-corrected chi connectivity index (χ3v) is 1.94. The van der Waals surface area contributed by atoms with Gasteiger partial charge in [0.1, 0.15) is 12.5 Å². The monoisotopic (exact) mass is 252 g/mol. The summed E-state index contributed by atoms with van der Waals surface area (Å²) in [6, 6.07) is 0. The number of aliphatic hydroxyl groups is 2. The molecule has 0 bridgehead atoms. The highest BCUT2D eigenvalue weighted by molar-refractivity contribution is 6.31. The van der Waals surface area contributed by atoms with Gasteiger partial charge in [0.15, 0.2) is 0 Å². The van der Waals surface area contributed by atoms with Crippen molar-refractivity contribution in [3.8, 4) is 0 Å². The van der Waals surface area contributed by atoms with Gasteiger partial charge in [0.2, 0.25) is 16.5 Å². The van der Waals surface area contributed by atoms with Crippen molar-refractivity contribution in [2.45, 2.75) is 26.3 Å². The van der Waals surface area contributed by atoms with Crippen molar-refractivity contribution >= 4 is 29.2 Å². The summed E-state index contributed by atoms with van der Waals surface area (Å²) in [7, 11) is 0. The van der Waals surface area contributed by atoms with Crippen molar-refractivity contribution in [3.05, 3.63) is 10.6 Å². The van der Waals surface area contributed by atoms with Crippen LogP contribution in [0.15, 0.2) is 0 Å². The molecule has 0 saturated carbocycles. The molecule has 15 heavy (non-hydrogen) atoms. The van der Waals surface area contributed by atoms with E-state index < -0.39 is 12.5 Å². The highest BCUT2D eigenvalue weighted by Gasteiger charge is 2.20. The third kappa shape index (κ3) is 3.13. The summed E-state index contributed by atoms with van der Waals surface area (Å²) in [5.74, 6) is 0.0185. The first-order chi connectivity index (χ1) is 6.91. The van der Waals surface area contributed by atoms with Gasteiger partial charge in [-0.15, -0.1) is 0 Å². The van der Waals surface area contributed by atoms with E-state index in [9.17, 15) is 10.2 Å². The number of nitrogens with zero attached hydrogens (tertiary/aromatic N) is 4. The zero-order valence-corrected chi connectivity index (χ0v) is 9.61. The van der Waals surface area contributed by atoms with E-state index in [-0.39, 0.29) is 16.5 Å². The lowest BCUT2D eigenvalue weighted by Gasteiger charge is -2.27. The molecule has 2 unspecified atom stereocenters. The van der Waals surface area contributed by atoms with E-state index in [1.54, 1.807) is 0 Å². The molecule has 6 nitrogen and oxygen atoms in total. The smallest absolute Gasteiger partial charge is 0.235 e. The second-order valence-electron chi connectivity index (χ2n) is 2.84. The van der Waals surface area contributed by atoms with Gasteiger partial charge in [-0.25, -0.2) is 0 Å². The highest BCUT2D eigenvalue weighted by Crippen LogP contribution is 2.17. The largest absolute Gasteiger partial charge is 0.374 e. The van der Waals surface area contributed by atoms with Gasteiger partial charge in [0.05, 0.1) is 0 Å². The summed E-state index contributed by atoms with van der Waals surface area (Å²) in [5, 5.41) is 18.6. The van der Waals surface area contributed by atoms with Crippen LogP contribution in [-0.4, -0.2) is 37.6 Å². The molecule has 0 radical (unpaired) electrons. The molecule has 1 aromatic heterocycles. The summed E-state index contributed by atoms with van der Waals surface area (Å²) in [6.45, 7) is 2.91. The van der Waals surface area contributed by atoms with E-state index in [0.29, 0.717) is 0 Å². The van der Waals surface area contributed by atoms with Gasteiger partial charge in [-0.2, -0.15) is 15.0 Å². The maximum absolute atomic E-state index is 9.40. The Morgan fingerprint density at radius 1 is 1.00 bits per heavy atom. The van der Waals surface area contributed by atoms with Gasteiger partial charge in [-0.1, -0.05) is 0 Å². The van der Waals surface area contributed by atoms with Crippen LogP contribution in [0.25, 0.3) is 0 Å². The van der Waals surface area contributed by atoms with Crippen LogP contribution in [0.2, 0.25) is 10.6 Å². The molecule has 1 aromatic rings. The minimum absolute atomic E-state index is 0.0185. The van der Waals surface area contributed by atoms with Crippen molar-refractivity contribution in [1.29, 1.82) is 0 Å². The highest BCUT2D eigenvalue weighted by atomic mass is 35.5. The van der Waals surface area contributed by atoms with E-state index >= 15 is 0 Å². The van der Waals surface area contributed by atoms with Crippen LogP contribution in [0.3, 0.4) is 0 Å². The van der Waals surface area contributed by atoms with Gasteiger partial charge in [-0.05, 0) is 37.0 Å². The van der Waals surface area contributed by atoms with Gasteiger partial charge >= 0.3 is 0 Å². The predicted molar refractivity (Wildman–Crippen MR) is 55.7 cm³/mol. The lowest BCUT2D eigenvalue weighted by molar-refractivity contribution is 0.102. The SMILES string of the molecule is CC(O)N(c1nc(Cl)nc(Cl)n1)C(C)O. The van der Waals surface area contributed by atoms with Crippen LogP contribution >= 0.6 is 23.2 Å². The average molecular weight is 253 g/mol. The van der Waals surface area contributed by atoms with Crippen LogP contribution in [0, 0.1) is 0 Å². The Balaban J connectivity index is 3.11. The standard InChI is InChI=1S/C7H10Cl2N4O2/c1-3(14)13(4(2)15)7-11-5(8)10-6(9)12-7/h3-4,14-15H,1-2H3. The number of anilines is 1. The lowest BCUT2D eigenvalue weighted by atomic mass is 10.4. The van der Waals surface area contributed by atoms with Gasteiger partial charge in [0, 0.05) is 0 Å². The Hall–Kier alpha value is -0.690. The average Bonchev–Trinajstić information content (AvgIpc) is 1.99. The van der Waals surface area contributed by atoms with Gasteiger partial charge in [-0.3, -0.25) is 4.90 Å². The first-order valence-electron chi connectivity index (χ1n) is 4.13. The van der Waals surface area contributed by atoms with Crippen LogP contribution in [0.4, 0.5) is 5.95 Å². The van der Waals surface area contributed by atoms with Crippen LogP contribution in [0.5, 0.6) is 0 Å². The molecule has 0 spiro atoms. The fraction of sp³-hybridized carbons (Fsp3) is 0.571. The molecule has 0 amide bonds. The Labute approximate surface area is 96.5 Å². The fourth-order valence-corrected chi connectivity index (χ4v) is 1.43. The van der Waals surface area contributed by atoms with Crippen molar-refractivity contribution < 1.29 is 10.2 Å². The van der Waals surface area contributed by atoms with E-state index in [4.69, 9.17) is 23.2 Å². The molecule has 1 rings (SSSR count). The molecule has 0 saturated heterocycles. The van der Waals surface area contributed by atoms with Gasteiger partial charge in [0.25, 0.3) is 0 Å². The lowest BCUT2D eigenvalue weighted by Crippen LogP contribution is -2.41. The maximum atomic E-state index is 9.40. The van der Waals surface area contributed by atoms with Crippen LogP contribution < -0.4 is 4.90 Å². The van der Waals surface area contributed by atoms with E-state index in [2.05, 4.69) is 15.0 Å². The molecule has 0 aliphatic heterocycles. The van der Waals surface area contributed by atoms with Gasteiger partial charge < -0.3 is 10.2 Å². The summed E-state index contributed by atoms with van der Waals surface area (Å²) in [4.78, 5) is 12.2. The molecule has 8 heteroatoms. The van der Waals surface area contributed by atoms with Crippen LogP contribution in [0.1, 0.15) is 13.8 Å². The summed E-state index contributed by atoms with van der Waals surface area (Å²) < 4.78 is 0. The number of halogens is 2. The quantitative estimate of drug-likeness (QED) is 0.770. The second-order valence-corrected chi connectivity index (χ2v) is 3.52. The number of hydrogen-bond donors (Lipinski definition) is 2. The first kappa shape index (κ1) is 12.4. The number of aliphatic hydroxyl groups excluding tert-OH is 2. The Kier molecular flexibility index (Phi) is 4.04. The molecule has 84 valence electrons. The Bertz CT molecular complexity index is 320. The summed E-state index contributed by atoms with van der Waals surface area (Å²) in [5.41, 5.74) is 0. The fourth-order valence-electron chi connectivity index (χ4n) is 1.08.